The molecule has 0 aliphatic carbocycles. The molecule has 0 unspecified atom stereocenters. The Kier molecular flexibility index (Phi) is 18.5. The zero-order valence-corrected chi connectivity index (χ0v) is 19.8. The van der Waals surface area contributed by atoms with E-state index in [1.807, 2.05) is 30.3 Å². The molecule has 0 atom stereocenters. The summed E-state index contributed by atoms with van der Waals surface area (Å²) in [5, 5.41) is 19.4. The molecule has 1 aromatic heterocycles. The summed E-state index contributed by atoms with van der Waals surface area (Å²) in [7, 11) is -3.85. The van der Waals surface area contributed by atoms with Gasteiger partial charge in [0.1, 0.15) is 5.69 Å². The van der Waals surface area contributed by atoms with Gasteiger partial charge in [-0.25, -0.2) is 18.5 Å². The van der Waals surface area contributed by atoms with E-state index >= 15 is 0 Å². The van der Waals surface area contributed by atoms with E-state index in [0.29, 0.717) is 17.0 Å². The molecule has 1 heterocycles. The molecular formula is C21H28N4O6S3. The van der Waals surface area contributed by atoms with Gasteiger partial charge in [0, 0.05) is 11.1 Å². The third-order valence-corrected chi connectivity index (χ3v) is 4.02. The number of hydrogen-bond acceptors (Lipinski definition) is 6. The Bertz CT molecular complexity index is 1140. The number of primary sulfonamides is 1. The number of nitrogens with two attached hydrogens (primary N) is 3. The molecule has 186 valence electrons. The van der Waals surface area contributed by atoms with Crippen molar-refractivity contribution in [2.45, 2.75) is 19.2 Å². The first-order valence-electron chi connectivity index (χ1n) is 8.40. The Balaban J connectivity index is -0.000000630. The van der Waals surface area contributed by atoms with Gasteiger partial charge in [0.05, 0.1) is 4.90 Å². The molecule has 10 N–H and O–H groups in total. The van der Waals surface area contributed by atoms with Gasteiger partial charge in [-0.3, -0.25) is 0 Å². The highest BCUT2D eigenvalue weighted by atomic mass is 32.2. The zero-order valence-electron chi connectivity index (χ0n) is 17.4. The lowest BCUT2D eigenvalue weighted by Crippen LogP contribution is -2.13. The van der Waals surface area contributed by atoms with E-state index in [2.05, 4.69) is 53.2 Å². The van der Waals surface area contributed by atoms with Crippen molar-refractivity contribution in [3.63, 3.8) is 0 Å². The molecule has 0 aliphatic heterocycles. The van der Waals surface area contributed by atoms with Crippen molar-refractivity contribution in [3.8, 4) is 34.9 Å². The molecule has 0 saturated heterocycles. The zero-order chi connectivity index (χ0) is 24.7. The number of aliphatic hydroxyl groups excluding tert-OH is 2. The van der Waals surface area contributed by atoms with Gasteiger partial charge in [-0.1, -0.05) is 49.9 Å². The fourth-order valence-corrected chi connectivity index (χ4v) is 2.88. The SMILES string of the molecule is C.C#CC.NC(O)=S.NC(O)=S.NS(=O)(=O)c1ccccc1-c1ocnc1-c1ccccc1.O. The van der Waals surface area contributed by atoms with Crippen LogP contribution in [0.1, 0.15) is 14.4 Å². The molecule has 34 heavy (non-hydrogen) atoms. The number of aromatic nitrogens is 1. The fourth-order valence-electron chi connectivity index (χ4n) is 2.14. The van der Waals surface area contributed by atoms with Crippen LogP contribution >= 0.6 is 24.4 Å². The molecule has 0 saturated carbocycles. The Morgan fingerprint density at radius 1 is 1.03 bits per heavy atom. The van der Waals surface area contributed by atoms with Crippen LogP contribution in [0.15, 0.2) is 70.3 Å². The number of nitrogens with zero attached hydrogens (tertiary/aromatic N) is 1. The summed E-state index contributed by atoms with van der Waals surface area (Å²) in [5.41, 5.74) is 10.6. The van der Waals surface area contributed by atoms with Gasteiger partial charge in [-0.2, -0.15) is 0 Å². The Labute approximate surface area is 209 Å². The molecule has 0 spiro atoms. The first-order valence-corrected chi connectivity index (χ1v) is 10.8. The van der Waals surface area contributed by atoms with Crippen LogP contribution in [0.4, 0.5) is 0 Å². The Hall–Kier alpha value is -3.54. The van der Waals surface area contributed by atoms with Crippen LogP contribution in [0.25, 0.3) is 22.6 Å². The minimum atomic E-state index is -3.85. The average molecular weight is 529 g/mol. The average Bonchev–Trinajstić information content (AvgIpc) is 3.17. The van der Waals surface area contributed by atoms with E-state index in [-0.39, 0.29) is 17.8 Å². The summed E-state index contributed by atoms with van der Waals surface area (Å²) in [6.45, 7) is 1.65. The van der Waals surface area contributed by atoms with Crippen LogP contribution in [0.3, 0.4) is 0 Å². The molecule has 0 bridgehead atoms. The summed E-state index contributed by atoms with van der Waals surface area (Å²) in [6.07, 6.45) is 5.89. The fraction of sp³-hybridized carbons (Fsp3) is 0.0952. The van der Waals surface area contributed by atoms with Gasteiger partial charge in [0.2, 0.25) is 10.0 Å². The van der Waals surface area contributed by atoms with E-state index in [1.165, 1.54) is 12.5 Å². The smallest absolute Gasteiger partial charge is 0.251 e. The lowest BCUT2D eigenvalue weighted by Gasteiger charge is -2.06. The predicted octanol–water partition coefficient (Wildman–Crippen LogP) is 2.68. The summed E-state index contributed by atoms with van der Waals surface area (Å²) < 4.78 is 28.8. The Morgan fingerprint density at radius 2 is 1.44 bits per heavy atom. The highest BCUT2D eigenvalue weighted by Crippen LogP contribution is 2.34. The number of thiocarbonyl (C=S) groups is 2. The number of sulfonamides is 1. The van der Waals surface area contributed by atoms with Crippen molar-refractivity contribution in [1.82, 2.24) is 4.98 Å². The lowest BCUT2D eigenvalue weighted by molar-refractivity contribution is 0.559. The third kappa shape index (κ3) is 13.8. The van der Waals surface area contributed by atoms with E-state index in [1.54, 1.807) is 25.1 Å². The van der Waals surface area contributed by atoms with Crippen molar-refractivity contribution >= 4 is 44.8 Å². The molecular weight excluding hydrogens is 500 g/mol. The molecule has 10 nitrogen and oxygen atoms in total. The quantitative estimate of drug-likeness (QED) is 0.248. The normalized spacial score (nSPS) is 8.74. The van der Waals surface area contributed by atoms with Crippen LogP contribution in [-0.4, -0.2) is 39.4 Å². The molecule has 0 fully saturated rings. The lowest BCUT2D eigenvalue weighted by atomic mass is 10.1. The van der Waals surface area contributed by atoms with Gasteiger partial charge in [0.15, 0.2) is 12.2 Å². The molecule has 3 aromatic rings. The summed E-state index contributed by atoms with van der Waals surface area (Å²) in [4.78, 5) is 4.20. The number of aliphatic hydroxyl groups is 2. The topological polar surface area (TPSA) is 210 Å². The van der Waals surface area contributed by atoms with Gasteiger partial charge in [-0.15, -0.1) is 12.3 Å². The summed E-state index contributed by atoms with van der Waals surface area (Å²) >= 11 is 7.74. The number of oxazole rings is 1. The van der Waals surface area contributed by atoms with Gasteiger partial charge in [-0.05, 0) is 43.5 Å². The molecule has 13 heteroatoms. The first-order chi connectivity index (χ1) is 14.9. The minimum absolute atomic E-state index is 0. The number of terminal acetylenes is 1. The van der Waals surface area contributed by atoms with Crippen LogP contribution in [0.5, 0.6) is 0 Å². The van der Waals surface area contributed by atoms with E-state index < -0.39 is 20.4 Å². The summed E-state index contributed by atoms with van der Waals surface area (Å²) in [5.74, 6) is 2.63. The standard InChI is InChI=1S/C15H12N2O3S.C3H4.2CH3NOS.CH4.H2O/c16-21(18,19)13-9-5-4-8-12(13)15-14(17-10-20-15)11-6-2-1-3-7-11;1-3-2;2*2-1(3)4;;/h1-10H,(H2,16,18,19);1H,2H3;2*(H3,2,3,4);1H4;1H2. The predicted molar refractivity (Wildman–Crippen MR) is 142 cm³/mol. The molecule has 0 amide bonds. The minimum Gasteiger partial charge on any atom is -0.487 e. The second kappa shape index (κ2) is 18.0. The van der Waals surface area contributed by atoms with Crippen molar-refractivity contribution in [2.75, 3.05) is 0 Å². The first kappa shape index (κ1) is 35.1. The maximum absolute atomic E-state index is 11.7. The molecule has 0 aliphatic rings. The number of hydrogen-bond donors (Lipinski definition) is 5. The Morgan fingerprint density at radius 3 is 1.88 bits per heavy atom. The van der Waals surface area contributed by atoms with E-state index in [0.717, 1.165) is 5.56 Å². The highest BCUT2D eigenvalue weighted by molar-refractivity contribution is 7.89. The van der Waals surface area contributed by atoms with Gasteiger partial charge >= 0.3 is 0 Å². The van der Waals surface area contributed by atoms with Gasteiger partial charge in [0.25, 0.3) is 10.3 Å². The van der Waals surface area contributed by atoms with Crippen molar-refractivity contribution in [1.29, 1.82) is 0 Å². The second-order valence-electron chi connectivity index (χ2n) is 5.40. The van der Waals surface area contributed by atoms with Crippen molar-refractivity contribution < 1.29 is 28.5 Å². The third-order valence-electron chi connectivity index (χ3n) is 3.05. The maximum Gasteiger partial charge on any atom is 0.251 e. The largest absolute Gasteiger partial charge is 0.487 e. The van der Waals surface area contributed by atoms with Gasteiger partial charge < -0.3 is 31.6 Å². The van der Waals surface area contributed by atoms with Crippen LogP contribution < -0.4 is 16.6 Å². The van der Waals surface area contributed by atoms with Crippen LogP contribution in [0.2, 0.25) is 0 Å². The molecule has 2 aromatic carbocycles. The monoisotopic (exact) mass is 528 g/mol. The number of benzene rings is 2. The maximum atomic E-state index is 11.7. The van der Waals surface area contributed by atoms with E-state index in [9.17, 15) is 8.42 Å². The molecule has 3 rings (SSSR count). The molecule has 0 radical (unpaired) electrons. The van der Waals surface area contributed by atoms with Crippen LogP contribution in [0, 0.1) is 12.3 Å². The van der Waals surface area contributed by atoms with Crippen molar-refractivity contribution in [2.24, 2.45) is 16.6 Å². The number of rotatable bonds is 3. The highest BCUT2D eigenvalue weighted by Gasteiger charge is 2.20. The van der Waals surface area contributed by atoms with Crippen LogP contribution in [-0.2, 0) is 10.0 Å². The van der Waals surface area contributed by atoms with E-state index in [4.69, 9.17) is 19.8 Å². The summed E-state index contributed by atoms with van der Waals surface area (Å²) in [6, 6.07) is 15.8. The second-order valence-corrected chi connectivity index (χ2v) is 7.77. The van der Waals surface area contributed by atoms with Crippen molar-refractivity contribution in [3.05, 3.63) is 61.0 Å².